The van der Waals surface area contributed by atoms with E-state index < -0.39 is 0 Å². The number of nitrogens with one attached hydrogen (secondary N) is 2. The van der Waals surface area contributed by atoms with Gasteiger partial charge >= 0.3 is 0 Å². The van der Waals surface area contributed by atoms with Gasteiger partial charge in [0.2, 0.25) is 5.91 Å². The topological polar surface area (TPSA) is 74.8 Å². The Morgan fingerprint density at radius 2 is 1.84 bits per heavy atom. The molecule has 5 nitrogen and oxygen atoms in total. The van der Waals surface area contributed by atoms with Crippen LogP contribution in [0.5, 0.6) is 0 Å². The zero-order valence-corrected chi connectivity index (χ0v) is 15.4. The first-order valence-electron chi connectivity index (χ1n) is 7.45. The molecule has 0 spiro atoms. The number of aromatic nitrogens is 2. The minimum atomic E-state index is -0.246. The fraction of sp³-hybridized carbons (Fsp3) is 0.0556. The lowest BCUT2D eigenvalue weighted by Gasteiger charge is -2.06. The molecule has 3 aromatic rings. The number of hydrogen-bond acceptors (Lipinski definition) is 4. The zero-order chi connectivity index (χ0) is 17.6. The van der Waals surface area contributed by atoms with Crippen LogP contribution in [0.25, 0.3) is 11.3 Å². The highest BCUT2D eigenvalue weighted by Crippen LogP contribution is 2.19. The van der Waals surface area contributed by atoms with E-state index in [0.717, 1.165) is 10.0 Å². The molecule has 126 valence electrons. The highest BCUT2D eigenvalue weighted by atomic mass is 79.9. The molecule has 25 heavy (non-hydrogen) atoms. The van der Waals surface area contributed by atoms with Gasteiger partial charge in [0.25, 0.3) is 5.56 Å². The number of H-pyrrole nitrogens is 1. The Balaban J connectivity index is 1.67. The molecule has 0 fully saturated rings. The summed E-state index contributed by atoms with van der Waals surface area (Å²) in [7, 11) is 0. The monoisotopic (exact) mass is 415 g/mol. The van der Waals surface area contributed by atoms with Crippen LogP contribution in [0.4, 0.5) is 5.69 Å². The van der Waals surface area contributed by atoms with Crippen LogP contribution >= 0.6 is 27.7 Å². The molecule has 3 rings (SSSR count). The molecule has 0 aliphatic carbocycles. The van der Waals surface area contributed by atoms with Gasteiger partial charge in [-0.2, -0.15) is 0 Å². The summed E-state index contributed by atoms with van der Waals surface area (Å²) in [6.45, 7) is 0. The number of benzene rings is 2. The SMILES string of the molecule is O=C(CSc1nc(-c2ccccc2)cc(=O)[nH]1)Nc1ccc(Br)cc1. The Hall–Kier alpha value is -2.38. The molecule has 7 heteroatoms. The third kappa shape index (κ3) is 5.04. The number of thioether (sulfide) groups is 1. The number of halogens is 1. The van der Waals surface area contributed by atoms with Crippen molar-refractivity contribution in [3.05, 3.63) is 75.5 Å². The molecule has 0 saturated heterocycles. The molecule has 1 amide bonds. The maximum atomic E-state index is 12.0. The molecular formula is C18H14BrN3O2S. The Bertz CT molecular complexity index is 927. The van der Waals surface area contributed by atoms with E-state index in [1.807, 2.05) is 54.6 Å². The van der Waals surface area contributed by atoms with E-state index in [1.54, 1.807) is 0 Å². The molecule has 0 radical (unpaired) electrons. The van der Waals surface area contributed by atoms with E-state index in [2.05, 4.69) is 31.2 Å². The Labute approximate surface area is 157 Å². The van der Waals surface area contributed by atoms with Crippen LogP contribution in [-0.4, -0.2) is 21.6 Å². The average Bonchev–Trinajstić information content (AvgIpc) is 2.62. The van der Waals surface area contributed by atoms with Crippen LogP contribution in [0.2, 0.25) is 0 Å². The van der Waals surface area contributed by atoms with E-state index >= 15 is 0 Å². The van der Waals surface area contributed by atoms with Crippen LogP contribution in [0.3, 0.4) is 0 Å². The second kappa shape index (κ2) is 8.13. The van der Waals surface area contributed by atoms with Crippen molar-refractivity contribution in [2.45, 2.75) is 5.16 Å². The van der Waals surface area contributed by atoms with E-state index in [1.165, 1.54) is 17.8 Å². The predicted octanol–water partition coefficient (Wildman–Crippen LogP) is 3.93. The van der Waals surface area contributed by atoms with Gasteiger partial charge in [-0.05, 0) is 24.3 Å². The van der Waals surface area contributed by atoms with Crippen molar-refractivity contribution in [2.75, 3.05) is 11.1 Å². The average molecular weight is 416 g/mol. The summed E-state index contributed by atoms with van der Waals surface area (Å²) in [4.78, 5) is 31.0. The Kier molecular flexibility index (Phi) is 5.67. The number of carbonyl (C=O) groups is 1. The first-order chi connectivity index (χ1) is 12.1. The predicted molar refractivity (Wildman–Crippen MR) is 104 cm³/mol. The number of nitrogens with zero attached hydrogens (tertiary/aromatic N) is 1. The fourth-order valence-corrected chi connectivity index (χ4v) is 3.06. The van der Waals surface area contributed by atoms with Crippen molar-refractivity contribution in [3.8, 4) is 11.3 Å². The summed E-state index contributed by atoms with van der Waals surface area (Å²) < 4.78 is 0.944. The van der Waals surface area contributed by atoms with Crippen molar-refractivity contribution in [1.29, 1.82) is 0 Å². The Morgan fingerprint density at radius 3 is 2.56 bits per heavy atom. The molecule has 1 aromatic heterocycles. The summed E-state index contributed by atoms with van der Waals surface area (Å²) in [6.07, 6.45) is 0. The van der Waals surface area contributed by atoms with Crippen molar-refractivity contribution >= 4 is 39.3 Å². The quantitative estimate of drug-likeness (QED) is 0.488. The van der Waals surface area contributed by atoms with Gasteiger partial charge in [-0.25, -0.2) is 4.98 Å². The standard InChI is InChI=1S/C18H14BrN3O2S/c19-13-6-8-14(9-7-13)20-17(24)11-25-18-21-15(10-16(23)22-18)12-4-2-1-3-5-12/h1-10H,11H2,(H,20,24)(H,21,22,23). The molecule has 0 aliphatic rings. The van der Waals surface area contributed by atoms with Gasteiger partial charge < -0.3 is 10.3 Å². The van der Waals surface area contributed by atoms with Crippen LogP contribution < -0.4 is 10.9 Å². The van der Waals surface area contributed by atoms with E-state index in [4.69, 9.17) is 0 Å². The second-order valence-corrected chi connectivity index (χ2v) is 7.03. The first kappa shape index (κ1) is 17.4. The molecule has 0 atom stereocenters. The number of aromatic amines is 1. The van der Waals surface area contributed by atoms with Gasteiger partial charge in [0.1, 0.15) is 0 Å². The van der Waals surface area contributed by atoms with Gasteiger partial charge in [0.05, 0.1) is 11.4 Å². The normalized spacial score (nSPS) is 10.4. The summed E-state index contributed by atoms with van der Waals surface area (Å²) in [5, 5.41) is 3.21. The lowest BCUT2D eigenvalue weighted by molar-refractivity contribution is -0.113. The third-order valence-electron chi connectivity index (χ3n) is 3.26. The minimum Gasteiger partial charge on any atom is -0.325 e. The van der Waals surface area contributed by atoms with Crippen molar-refractivity contribution in [3.63, 3.8) is 0 Å². The number of amides is 1. The smallest absolute Gasteiger partial charge is 0.252 e. The molecule has 0 unspecified atom stereocenters. The molecule has 0 bridgehead atoms. The molecule has 2 aromatic carbocycles. The summed E-state index contributed by atoms with van der Waals surface area (Å²) in [5.41, 5.74) is 1.91. The highest BCUT2D eigenvalue weighted by Gasteiger charge is 2.08. The third-order valence-corrected chi connectivity index (χ3v) is 4.66. The maximum Gasteiger partial charge on any atom is 0.252 e. The van der Waals surface area contributed by atoms with Gasteiger partial charge in [0, 0.05) is 21.8 Å². The van der Waals surface area contributed by atoms with Crippen LogP contribution in [-0.2, 0) is 4.79 Å². The molecule has 1 heterocycles. The first-order valence-corrected chi connectivity index (χ1v) is 9.23. The van der Waals surface area contributed by atoms with Crippen LogP contribution in [0, 0.1) is 0 Å². The fourth-order valence-electron chi connectivity index (χ4n) is 2.12. The number of anilines is 1. The highest BCUT2D eigenvalue weighted by molar-refractivity contribution is 9.10. The van der Waals surface area contributed by atoms with Gasteiger partial charge in [0.15, 0.2) is 5.16 Å². The number of carbonyl (C=O) groups excluding carboxylic acids is 1. The van der Waals surface area contributed by atoms with Gasteiger partial charge in [-0.15, -0.1) is 0 Å². The zero-order valence-electron chi connectivity index (χ0n) is 13.0. The van der Waals surface area contributed by atoms with E-state index in [-0.39, 0.29) is 17.2 Å². The summed E-state index contributed by atoms with van der Waals surface area (Å²) >= 11 is 4.53. The van der Waals surface area contributed by atoms with Crippen molar-refractivity contribution in [1.82, 2.24) is 9.97 Å². The van der Waals surface area contributed by atoms with Crippen molar-refractivity contribution in [2.24, 2.45) is 0 Å². The molecule has 2 N–H and O–H groups in total. The lowest BCUT2D eigenvalue weighted by atomic mass is 10.1. The van der Waals surface area contributed by atoms with Crippen LogP contribution in [0.15, 0.2) is 75.1 Å². The van der Waals surface area contributed by atoms with Crippen molar-refractivity contribution < 1.29 is 4.79 Å². The van der Waals surface area contributed by atoms with E-state index in [0.29, 0.717) is 16.5 Å². The number of rotatable bonds is 5. The largest absolute Gasteiger partial charge is 0.325 e. The maximum absolute atomic E-state index is 12.0. The molecule has 0 aliphatic heterocycles. The number of hydrogen-bond donors (Lipinski definition) is 2. The Morgan fingerprint density at radius 1 is 1.12 bits per heavy atom. The molecule has 0 saturated carbocycles. The lowest BCUT2D eigenvalue weighted by Crippen LogP contribution is -2.15. The van der Waals surface area contributed by atoms with E-state index in [9.17, 15) is 9.59 Å². The summed E-state index contributed by atoms with van der Waals surface area (Å²) in [5.74, 6) is -0.0165. The second-order valence-electron chi connectivity index (χ2n) is 5.15. The van der Waals surface area contributed by atoms with Gasteiger partial charge in [-0.3, -0.25) is 9.59 Å². The summed E-state index contributed by atoms with van der Waals surface area (Å²) in [6, 6.07) is 18.2. The van der Waals surface area contributed by atoms with Crippen LogP contribution in [0.1, 0.15) is 0 Å². The molecular weight excluding hydrogens is 402 g/mol. The minimum absolute atomic E-state index is 0.150. The van der Waals surface area contributed by atoms with Gasteiger partial charge in [-0.1, -0.05) is 58.0 Å².